The second-order valence-corrected chi connectivity index (χ2v) is 7.57. The number of carbonyl (C=O) groups is 3. The molecule has 2 bridgehead atoms. The number of amides is 3. The van der Waals surface area contributed by atoms with Crippen LogP contribution in [-0.2, 0) is 20.8 Å². The van der Waals surface area contributed by atoms with Crippen molar-refractivity contribution in [3.05, 3.63) is 35.8 Å². The number of imide groups is 1. The van der Waals surface area contributed by atoms with Gasteiger partial charge in [0.25, 0.3) is 0 Å². The van der Waals surface area contributed by atoms with E-state index in [1.54, 1.807) is 6.26 Å². The Kier molecular flexibility index (Phi) is 3.17. The molecule has 4 aliphatic rings. The second kappa shape index (κ2) is 5.31. The van der Waals surface area contributed by atoms with E-state index in [9.17, 15) is 14.4 Å². The molecule has 5 rings (SSSR count). The van der Waals surface area contributed by atoms with Crippen LogP contribution in [0.2, 0.25) is 0 Å². The smallest absolute Gasteiger partial charge is 0.240 e. The van der Waals surface area contributed by atoms with Gasteiger partial charge in [0, 0.05) is 12.0 Å². The Labute approximate surface area is 145 Å². The van der Waals surface area contributed by atoms with E-state index in [-0.39, 0.29) is 54.0 Å². The van der Waals surface area contributed by atoms with E-state index in [0.717, 1.165) is 37.0 Å². The van der Waals surface area contributed by atoms with Crippen LogP contribution in [-0.4, -0.2) is 29.2 Å². The molecule has 0 aromatic carbocycles. The zero-order chi connectivity index (χ0) is 17.1. The Morgan fingerprint density at radius 3 is 2.64 bits per heavy atom. The maximum atomic E-state index is 12.6. The quantitative estimate of drug-likeness (QED) is 0.669. The Hall–Kier alpha value is -2.37. The van der Waals surface area contributed by atoms with Gasteiger partial charge in [0.15, 0.2) is 0 Å². The van der Waals surface area contributed by atoms with Crippen LogP contribution < -0.4 is 5.32 Å². The van der Waals surface area contributed by atoms with Crippen molar-refractivity contribution in [2.45, 2.75) is 31.7 Å². The van der Waals surface area contributed by atoms with Gasteiger partial charge in [-0.1, -0.05) is 12.2 Å². The van der Waals surface area contributed by atoms with Crippen molar-refractivity contribution >= 4 is 17.7 Å². The van der Waals surface area contributed by atoms with Gasteiger partial charge >= 0.3 is 0 Å². The number of fused-ring (bicyclic) bond motifs is 6. The van der Waals surface area contributed by atoms with Crippen LogP contribution in [0.25, 0.3) is 0 Å². The van der Waals surface area contributed by atoms with Gasteiger partial charge in [-0.3, -0.25) is 19.3 Å². The summed E-state index contributed by atoms with van der Waals surface area (Å²) in [7, 11) is 0. The van der Waals surface area contributed by atoms with Crippen LogP contribution in [0.5, 0.6) is 0 Å². The Morgan fingerprint density at radius 2 is 1.92 bits per heavy atom. The fraction of sp³-hybridized carbons (Fsp3) is 0.526. The highest BCUT2D eigenvalue weighted by molar-refractivity contribution is 6.08. The molecular weight excluding hydrogens is 320 g/mol. The van der Waals surface area contributed by atoms with Crippen LogP contribution in [0.4, 0.5) is 0 Å². The molecule has 3 amide bonds. The zero-order valence-corrected chi connectivity index (χ0v) is 13.8. The average Bonchev–Trinajstić information content (AvgIpc) is 3.35. The van der Waals surface area contributed by atoms with Crippen molar-refractivity contribution in [3.8, 4) is 0 Å². The van der Waals surface area contributed by atoms with Crippen LogP contribution in [0.1, 0.15) is 36.6 Å². The summed E-state index contributed by atoms with van der Waals surface area (Å²) < 4.78 is 5.44. The van der Waals surface area contributed by atoms with Gasteiger partial charge in [-0.15, -0.1) is 0 Å². The van der Waals surface area contributed by atoms with E-state index in [0.29, 0.717) is 0 Å². The number of nitrogens with zero attached hydrogens (tertiary/aromatic N) is 1. The third-order valence-corrected chi connectivity index (χ3v) is 6.25. The van der Waals surface area contributed by atoms with Crippen LogP contribution in [0, 0.1) is 23.7 Å². The predicted molar refractivity (Wildman–Crippen MR) is 87.0 cm³/mol. The standard InChI is InChI=1S/C19H20N2O4/c22-15(20-13-2-1-3-14-12(13)6-7-25-14)9-21-18(23)16-10-4-5-11(8-10)17(16)19(21)24/h4-7,10-11,13,16-17H,1-3,8-9H2,(H,20,22)/t10-,11-,13+,16+,17+/m0/s1. The number of hydrogen-bond acceptors (Lipinski definition) is 4. The van der Waals surface area contributed by atoms with Gasteiger partial charge in [0.05, 0.1) is 24.1 Å². The molecule has 0 radical (unpaired) electrons. The lowest BCUT2D eigenvalue weighted by Gasteiger charge is -2.24. The van der Waals surface area contributed by atoms with Crippen molar-refractivity contribution in [3.63, 3.8) is 0 Å². The van der Waals surface area contributed by atoms with Crippen molar-refractivity contribution in [2.75, 3.05) is 6.54 Å². The molecule has 1 aromatic rings. The van der Waals surface area contributed by atoms with E-state index in [4.69, 9.17) is 4.42 Å². The first-order chi connectivity index (χ1) is 12.1. The average molecular weight is 340 g/mol. The van der Waals surface area contributed by atoms with Gasteiger partial charge in [0.1, 0.15) is 12.3 Å². The molecule has 2 fully saturated rings. The molecule has 3 aliphatic carbocycles. The first kappa shape index (κ1) is 14.9. The van der Waals surface area contributed by atoms with Crippen molar-refractivity contribution in [2.24, 2.45) is 23.7 Å². The topological polar surface area (TPSA) is 79.6 Å². The molecule has 2 heterocycles. The van der Waals surface area contributed by atoms with Crippen LogP contribution >= 0.6 is 0 Å². The van der Waals surface area contributed by atoms with E-state index in [1.807, 2.05) is 6.07 Å². The molecule has 0 spiro atoms. The number of aryl methyl sites for hydroxylation is 1. The zero-order valence-electron chi connectivity index (χ0n) is 13.8. The third-order valence-electron chi connectivity index (χ3n) is 6.25. The van der Waals surface area contributed by atoms with Crippen LogP contribution in [0.15, 0.2) is 28.9 Å². The molecular formula is C19H20N2O4. The van der Waals surface area contributed by atoms with Crippen molar-refractivity contribution in [1.82, 2.24) is 10.2 Å². The highest BCUT2D eigenvalue weighted by Gasteiger charge is 2.59. The minimum absolute atomic E-state index is 0.0971. The van der Waals surface area contributed by atoms with E-state index in [1.165, 1.54) is 4.90 Å². The number of furan rings is 1. The summed E-state index contributed by atoms with van der Waals surface area (Å²) in [5.41, 5.74) is 1.01. The molecule has 1 aliphatic heterocycles. The number of nitrogens with one attached hydrogen (secondary N) is 1. The minimum atomic E-state index is -0.277. The number of carbonyl (C=O) groups excluding carboxylic acids is 3. The summed E-state index contributed by atoms with van der Waals surface area (Å²) in [4.78, 5) is 39.0. The van der Waals surface area contributed by atoms with E-state index in [2.05, 4.69) is 17.5 Å². The normalized spacial score (nSPS) is 35.2. The van der Waals surface area contributed by atoms with Gasteiger partial charge in [-0.05, 0) is 37.2 Å². The Balaban J connectivity index is 1.28. The minimum Gasteiger partial charge on any atom is -0.469 e. The molecule has 6 heteroatoms. The molecule has 5 atom stereocenters. The fourth-order valence-electron chi connectivity index (χ4n) is 5.14. The largest absolute Gasteiger partial charge is 0.469 e. The summed E-state index contributed by atoms with van der Waals surface area (Å²) in [5, 5.41) is 2.97. The summed E-state index contributed by atoms with van der Waals surface area (Å²) in [6, 6.07) is 1.79. The Morgan fingerprint density at radius 1 is 1.20 bits per heavy atom. The van der Waals surface area contributed by atoms with Crippen molar-refractivity contribution in [1.29, 1.82) is 0 Å². The number of rotatable bonds is 3. The van der Waals surface area contributed by atoms with E-state index < -0.39 is 0 Å². The van der Waals surface area contributed by atoms with Gasteiger partial charge in [-0.2, -0.15) is 0 Å². The molecule has 1 aromatic heterocycles. The Bertz CT molecular complexity index is 765. The third kappa shape index (κ3) is 2.12. The lowest BCUT2D eigenvalue weighted by Crippen LogP contribution is -2.43. The summed E-state index contributed by atoms with van der Waals surface area (Å²) in [6.07, 6.45) is 9.35. The summed E-state index contributed by atoms with van der Waals surface area (Å²) in [6.45, 7) is -0.173. The maximum Gasteiger partial charge on any atom is 0.240 e. The first-order valence-corrected chi connectivity index (χ1v) is 9.02. The number of likely N-dealkylation sites (tertiary alicyclic amines) is 1. The molecule has 25 heavy (non-hydrogen) atoms. The monoisotopic (exact) mass is 340 g/mol. The van der Waals surface area contributed by atoms with Gasteiger partial charge in [-0.25, -0.2) is 0 Å². The second-order valence-electron chi connectivity index (χ2n) is 7.57. The highest BCUT2D eigenvalue weighted by Crippen LogP contribution is 2.52. The molecule has 130 valence electrons. The predicted octanol–water partition coefficient (Wildman–Crippen LogP) is 1.58. The SMILES string of the molecule is O=C(CN1C(=O)[C@H]2[C@H](C1=O)[C@H]1C=C[C@H]2C1)N[C@@H]1CCCc2occc21. The maximum absolute atomic E-state index is 12.6. The number of allylic oxidation sites excluding steroid dienone is 2. The lowest BCUT2D eigenvalue weighted by atomic mass is 9.85. The molecule has 1 saturated heterocycles. The van der Waals surface area contributed by atoms with Crippen LogP contribution in [0.3, 0.4) is 0 Å². The summed E-state index contributed by atoms with van der Waals surface area (Å²) in [5.74, 6) is 0.154. The van der Waals surface area contributed by atoms with Gasteiger partial charge in [0.2, 0.25) is 17.7 Å². The highest BCUT2D eigenvalue weighted by atomic mass is 16.3. The van der Waals surface area contributed by atoms with E-state index >= 15 is 0 Å². The van der Waals surface area contributed by atoms with Crippen molar-refractivity contribution < 1.29 is 18.8 Å². The van der Waals surface area contributed by atoms with Gasteiger partial charge < -0.3 is 9.73 Å². The first-order valence-electron chi connectivity index (χ1n) is 9.02. The fourth-order valence-corrected chi connectivity index (χ4v) is 5.14. The number of hydrogen-bond donors (Lipinski definition) is 1. The molecule has 6 nitrogen and oxygen atoms in total. The summed E-state index contributed by atoms with van der Waals surface area (Å²) >= 11 is 0. The lowest BCUT2D eigenvalue weighted by molar-refractivity contribution is -0.144. The molecule has 1 saturated carbocycles. The molecule has 0 unspecified atom stereocenters. The molecule has 1 N–H and O–H groups in total.